The average molecular weight is 373 g/mol. The number of nitrogens with one attached hydrogen (secondary N) is 2. The van der Waals surface area contributed by atoms with Crippen LogP contribution in [0.5, 0.6) is 0 Å². The Morgan fingerprint density at radius 1 is 1.15 bits per heavy atom. The van der Waals surface area contributed by atoms with Gasteiger partial charge in [0.25, 0.3) is 0 Å². The number of carbonyl (C=O) groups excluding carboxylic acids is 1. The van der Waals surface area contributed by atoms with E-state index >= 15 is 0 Å². The van der Waals surface area contributed by atoms with E-state index in [1.165, 1.54) is 24.1 Å². The van der Waals surface area contributed by atoms with Crippen molar-refractivity contribution in [3.63, 3.8) is 0 Å². The number of benzene rings is 1. The second-order valence-electron chi connectivity index (χ2n) is 6.89. The number of hydrogen-bond donors (Lipinski definition) is 2. The molecule has 2 N–H and O–H groups in total. The first-order chi connectivity index (χ1) is 12.6. The molecule has 26 heavy (non-hydrogen) atoms. The molecule has 5 nitrogen and oxygen atoms in total. The molecule has 1 aromatic heterocycles. The van der Waals surface area contributed by atoms with Crippen LogP contribution in [0.3, 0.4) is 0 Å². The van der Waals surface area contributed by atoms with E-state index in [0.29, 0.717) is 13.1 Å². The van der Waals surface area contributed by atoms with E-state index in [-0.39, 0.29) is 12.1 Å². The van der Waals surface area contributed by atoms with Crippen LogP contribution in [0.25, 0.3) is 0 Å². The van der Waals surface area contributed by atoms with Crippen LogP contribution >= 0.6 is 11.3 Å². The summed E-state index contributed by atoms with van der Waals surface area (Å²) in [6.45, 7) is 3.39. The fourth-order valence-corrected chi connectivity index (χ4v) is 3.98. The quantitative estimate of drug-likeness (QED) is 0.783. The molecule has 140 valence electrons. The number of anilines is 1. The number of thiophene rings is 1. The van der Waals surface area contributed by atoms with Crippen LogP contribution in [0, 0.1) is 0 Å². The van der Waals surface area contributed by atoms with E-state index < -0.39 is 0 Å². The molecule has 1 saturated heterocycles. The van der Waals surface area contributed by atoms with Crippen LogP contribution in [0.1, 0.15) is 29.3 Å². The summed E-state index contributed by atoms with van der Waals surface area (Å²) < 4.78 is 0. The maximum atomic E-state index is 12.2. The number of nitrogens with zero attached hydrogens (tertiary/aromatic N) is 2. The zero-order chi connectivity index (χ0) is 18.4. The molecule has 0 bridgehead atoms. The minimum absolute atomic E-state index is 0.104. The molecule has 2 amide bonds. The van der Waals surface area contributed by atoms with E-state index in [0.717, 1.165) is 18.0 Å². The van der Waals surface area contributed by atoms with Gasteiger partial charge in [-0.2, -0.15) is 0 Å². The highest BCUT2D eigenvalue weighted by Crippen LogP contribution is 2.26. The first kappa shape index (κ1) is 18.7. The lowest BCUT2D eigenvalue weighted by Gasteiger charge is -2.28. The Bertz CT molecular complexity index is 678. The van der Waals surface area contributed by atoms with Gasteiger partial charge in [-0.15, -0.1) is 11.3 Å². The van der Waals surface area contributed by atoms with Crippen molar-refractivity contribution in [3.05, 3.63) is 52.2 Å². The van der Waals surface area contributed by atoms with E-state index in [2.05, 4.69) is 44.7 Å². The summed E-state index contributed by atoms with van der Waals surface area (Å²) in [6, 6.07) is 12.8. The zero-order valence-electron chi connectivity index (χ0n) is 15.6. The number of likely N-dealkylation sites (tertiary alicyclic amines) is 1. The third-order valence-corrected chi connectivity index (χ3v) is 5.71. The second-order valence-corrected chi connectivity index (χ2v) is 7.92. The van der Waals surface area contributed by atoms with Gasteiger partial charge in [0.15, 0.2) is 0 Å². The maximum absolute atomic E-state index is 12.2. The summed E-state index contributed by atoms with van der Waals surface area (Å²) >= 11 is 1.66. The molecular formula is C20H28N4OS. The first-order valence-electron chi connectivity index (χ1n) is 9.19. The molecule has 0 radical (unpaired) electrons. The highest BCUT2D eigenvalue weighted by Gasteiger charge is 2.24. The second kappa shape index (κ2) is 9.05. The minimum Gasteiger partial charge on any atom is -0.378 e. The molecular weight excluding hydrogens is 344 g/mol. The van der Waals surface area contributed by atoms with Gasteiger partial charge in [0.1, 0.15) is 0 Å². The van der Waals surface area contributed by atoms with Gasteiger partial charge >= 0.3 is 6.03 Å². The Labute approximate surface area is 160 Å². The molecule has 1 atom stereocenters. The minimum atomic E-state index is -0.104. The Morgan fingerprint density at radius 2 is 1.88 bits per heavy atom. The van der Waals surface area contributed by atoms with Crippen molar-refractivity contribution in [2.24, 2.45) is 0 Å². The molecule has 0 saturated carbocycles. The SMILES string of the molecule is CN(C)c1ccc(C(CNC(=O)NCc2cccs2)N2CCCC2)cc1. The highest BCUT2D eigenvalue weighted by atomic mass is 32.1. The molecule has 3 rings (SSSR count). The van der Waals surface area contributed by atoms with Crippen molar-refractivity contribution >= 4 is 23.1 Å². The smallest absolute Gasteiger partial charge is 0.315 e. The molecule has 6 heteroatoms. The van der Waals surface area contributed by atoms with Gasteiger partial charge in [-0.25, -0.2) is 4.79 Å². The first-order valence-corrected chi connectivity index (χ1v) is 10.1. The van der Waals surface area contributed by atoms with E-state index in [1.54, 1.807) is 11.3 Å². The van der Waals surface area contributed by atoms with E-state index in [4.69, 9.17) is 0 Å². The number of amides is 2. The maximum Gasteiger partial charge on any atom is 0.315 e. The van der Waals surface area contributed by atoms with Crippen molar-refractivity contribution < 1.29 is 4.79 Å². The summed E-state index contributed by atoms with van der Waals surface area (Å²) in [5, 5.41) is 8.03. The summed E-state index contributed by atoms with van der Waals surface area (Å²) in [6.07, 6.45) is 2.47. The Hall–Kier alpha value is -2.05. The van der Waals surface area contributed by atoms with Crippen molar-refractivity contribution in [2.75, 3.05) is 38.6 Å². The predicted molar refractivity (Wildman–Crippen MR) is 109 cm³/mol. The van der Waals surface area contributed by atoms with Crippen LogP contribution in [0.15, 0.2) is 41.8 Å². The number of carbonyl (C=O) groups is 1. The zero-order valence-corrected chi connectivity index (χ0v) is 16.4. The molecule has 0 aliphatic carbocycles. The summed E-state index contributed by atoms with van der Waals surface area (Å²) in [4.78, 5) is 17.9. The van der Waals surface area contributed by atoms with Gasteiger partial charge < -0.3 is 15.5 Å². The topological polar surface area (TPSA) is 47.6 Å². The standard InChI is InChI=1S/C20H28N4OS/c1-23(2)17-9-7-16(8-10-17)19(24-11-3-4-12-24)15-22-20(25)21-14-18-6-5-13-26-18/h5-10,13,19H,3-4,11-12,14-15H2,1-2H3,(H2,21,22,25). The van der Waals surface area contributed by atoms with Gasteiger partial charge in [-0.1, -0.05) is 18.2 Å². The van der Waals surface area contributed by atoms with E-state index in [1.807, 2.05) is 31.6 Å². The fraction of sp³-hybridized carbons (Fsp3) is 0.450. The van der Waals surface area contributed by atoms with Gasteiger partial charge in [0.2, 0.25) is 0 Å². The van der Waals surface area contributed by atoms with Gasteiger partial charge in [-0.3, -0.25) is 4.90 Å². The average Bonchev–Trinajstić information content (AvgIpc) is 3.34. The van der Waals surface area contributed by atoms with Crippen molar-refractivity contribution in [3.8, 4) is 0 Å². The number of hydrogen-bond acceptors (Lipinski definition) is 4. The summed E-state index contributed by atoms with van der Waals surface area (Å²) in [5.41, 5.74) is 2.45. The summed E-state index contributed by atoms with van der Waals surface area (Å²) in [7, 11) is 4.10. The van der Waals surface area contributed by atoms with Crippen molar-refractivity contribution in [2.45, 2.75) is 25.4 Å². The molecule has 1 aliphatic heterocycles. The van der Waals surface area contributed by atoms with Crippen LogP contribution in [0.4, 0.5) is 10.5 Å². The van der Waals surface area contributed by atoms with Gasteiger partial charge in [-0.05, 0) is 55.1 Å². The Morgan fingerprint density at radius 3 is 2.50 bits per heavy atom. The highest BCUT2D eigenvalue weighted by molar-refractivity contribution is 7.09. The van der Waals surface area contributed by atoms with Gasteiger partial charge in [0.05, 0.1) is 12.6 Å². The molecule has 0 spiro atoms. The number of urea groups is 1. The molecule has 1 aromatic carbocycles. The van der Waals surface area contributed by atoms with E-state index in [9.17, 15) is 4.79 Å². The van der Waals surface area contributed by atoms with Crippen molar-refractivity contribution in [1.82, 2.24) is 15.5 Å². The molecule has 2 aromatic rings. The molecule has 1 fully saturated rings. The van der Waals surface area contributed by atoms with Crippen LogP contribution in [0.2, 0.25) is 0 Å². The predicted octanol–water partition coefficient (Wildman–Crippen LogP) is 3.45. The monoisotopic (exact) mass is 372 g/mol. The molecule has 1 unspecified atom stereocenters. The Balaban J connectivity index is 1.59. The van der Waals surface area contributed by atoms with Crippen molar-refractivity contribution in [1.29, 1.82) is 0 Å². The largest absolute Gasteiger partial charge is 0.378 e. The summed E-state index contributed by atoms with van der Waals surface area (Å²) in [5.74, 6) is 0. The molecule has 1 aliphatic rings. The lowest BCUT2D eigenvalue weighted by molar-refractivity contribution is 0.220. The van der Waals surface area contributed by atoms with Crippen LogP contribution in [-0.2, 0) is 6.54 Å². The van der Waals surface area contributed by atoms with Crippen LogP contribution < -0.4 is 15.5 Å². The normalized spacial score (nSPS) is 15.6. The third kappa shape index (κ3) is 4.99. The fourth-order valence-electron chi connectivity index (χ4n) is 3.34. The van der Waals surface area contributed by atoms with Crippen LogP contribution in [-0.4, -0.2) is 44.7 Å². The lowest BCUT2D eigenvalue weighted by Crippen LogP contribution is -2.41. The van der Waals surface area contributed by atoms with Gasteiger partial charge in [0, 0.05) is 31.2 Å². The molecule has 2 heterocycles. The third-order valence-electron chi connectivity index (χ3n) is 4.83. The Kier molecular flexibility index (Phi) is 6.52. The number of rotatable bonds is 7. The lowest BCUT2D eigenvalue weighted by atomic mass is 10.0.